The number of carbonyl (C=O) groups excluding carboxylic acids is 2. The second-order valence-electron chi connectivity index (χ2n) is 5.80. The number of rotatable bonds is 4. The van der Waals surface area contributed by atoms with Crippen LogP contribution in [-0.2, 0) is 13.1 Å². The fourth-order valence-electron chi connectivity index (χ4n) is 2.56. The molecule has 1 aliphatic heterocycles. The van der Waals surface area contributed by atoms with Gasteiger partial charge in [0.15, 0.2) is 5.69 Å². The third kappa shape index (κ3) is 4.56. The second kappa shape index (κ2) is 7.27. The normalized spacial score (nSPS) is 16.9. The number of β-amino-alcohol motifs (C(OH)–C–C–N with tert-alkyl or cyclic N) is 1. The van der Waals surface area contributed by atoms with Gasteiger partial charge >= 0.3 is 6.36 Å². The first-order valence-electron chi connectivity index (χ1n) is 7.89. The zero-order chi connectivity index (χ0) is 19.6. The summed E-state index contributed by atoms with van der Waals surface area (Å²) in [5.74, 6) is -1.59. The lowest BCUT2D eigenvalue weighted by Gasteiger charge is -2.13. The molecule has 8 nitrogen and oxygen atoms in total. The molecule has 2 amide bonds. The molecule has 3 rings (SSSR count). The van der Waals surface area contributed by atoms with Crippen LogP contribution in [-0.4, -0.2) is 45.7 Å². The van der Waals surface area contributed by atoms with Crippen LogP contribution in [0.5, 0.6) is 5.75 Å². The van der Waals surface area contributed by atoms with Crippen molar-refractivity contribution >= 4 is 11.8 Å². The summed E-state index contributed by atoms with van der Waals surface area (Å²) < 4.78 is 42.4. The fraction of sp³-hybridized carbons (Fsp3) is 0.312. The molecule has 1 aromatic heterocycles. The molecule has 27 heavy (non-hydrogen) atoms. The Hall–Kier alpha value is -3.08. The molecule has 0 saturated heterocycles. The highest BCUT2D eigenvalue weighted by Crippen LogP contribution is 2.26. The Bertz CT molecular complexity index is 866. The summed E-state index contributed by atoms with van der Waals surface area (Å²) in [6.07, 6.45) is -5.70. The Balaban J connectivity index is 1.72. The molecule has 0 fully saturated rings. The molecule has 0 aliphatic carbocycles. The van der Waals surface area contributed by atoms with Gasteiger partial charge in [-0.15, -0.1) is 13.2 Å². The lowest BCUT2D eigenvalue weighted by atomic mass is 10.2. The number of hydrogen-bond donors (Lipinski definition) is 3. The highest BCUT2D eigenvalue weighted by Gasteiger charge is 2.32. The van der Waals surface area contributed by atoms with Crippen molar-refractivity contribution in [1.82, 2.24) is 20.4 Å². The maximum atomic E-state index is 12.4. The Kier molecular flexibility index (Phi) is 5.04. The van der Waals surface area contributed by atoms with Crippen LogP contribution < -0.4 is 15.4 Å². The molecule has 2 aromatic rings. The number of alkyl halides is 3. The Morgan fingerprint density at radius 2 is 2.15 bits per heavy atom. The number of ether oxygens (including phenoxy) is 1. The summed E-state index contributed by atoms with van der Waals surface area (Å²) in [5.41, 5.74) is 0.137. The monoisotopic (exact) mass is 384 g/mol. The number of halogens is 3. The Morgan fingerprint density at radius 3 is 2.89 bits per heavy atom. The predicted molar refractivity (Wildman–Crippen MR) is 84.9 cm³/mol. The van der Waals surface area contributed by atoms with Crippen LogP contribution >= 0.6 is 0 Å². The van der Waals surface area contributed by atoms with Crippen LogP contribution in [0.15, 0.2) is 30.3 Å². The van der Waals surface area contributed by atoms with Crippen molar-refractivity contribution in [3.63, 3.8) is 0 Å². The first-order chi connectivity index (χ1) is 12.7. The maximum absolute atomic E-state index is 12.4. The van der Waals surface area contributed by atoms with Gasteiger partial charge in [-0.25, -0.2) is 0 Å². The van der Waals surface area contributed by atoms with Crippen molar-refractivity contribution < 1.29 is 32.6 Å². The molecule has 11 heteroatoms. The summed E-state index contributed by atoms with van der Waals surface area (Å²) in [4.78, 5) is 24.2. The highest BCUT2D eigenvalue weighted by molar-refractivity contribution is 5.98. The number of aromatic nitrogens is 2. The van der Waals surface area contributed by atoms with Gasteiger partial charge in [-0.05, 0) is 6.07 Å². The van der Waals surface area contributed by atoms with Gasteiger partial charge in [0.25, 0.3) is 11.8 Å². The number of hydrogen-bond acceptors (Lipinski definition) is 5. The number of nitrogens with zero attached hydrogens (tertiary/aromatic N) is 2. The van der Waals surface area contributed by atoms with Gasteiger partial charge in [-0.2, -0.15) is 5.10 Å². The molecule has 3 N–H and O–H groups in total. The summed E-state index contributed by atoms with van der Waals surface area (Å²) in [5, 5.41) is 18.6. The van der Waals surface area contributed by atoms with E-state index >= 15 is 0 Å². The number of nitrogens with one attached hydrogen (secondary N) is 2. The van der Waals surface area contributed by atoms with E-state index in [0.717, 1.165) is 6.07 Å². The van der Waals surface area contributed by atoms with E-state index in [1.165, 1.54) is 28.9 Å². The van der Waals surface area contributed by atoms with Crippen molar-refractivity contribution in [2.75, 3.05) is 6.54 Å². The van der Waals surface area contributed by atoms with E-state index in [1.54, 1.807) is 0 Å². The van der Waals surface area contributed by atoms with Gasteiger partial charge in [0.2, 0.25) is 0 Å². The van der Waals surface area contributed by atoms with Crippen molar-refractivity contribution in [1.29, 1.82) is 0 Å². The topological polar surface area (TPSA) is 105 Å². The molecule has 1 atom stereocenters. The molecule has 1 aromatic carbocycles. The van der Waals surface area contributed by atoms with Crippen LogP contribution in [0.4, 0.5) is 13.2 Å². The van der Waals surface area contributed by atoms with Crippen molar-refractivity contribution in [2.24, 2.45) is 0 Å². The lowest BCUT2D eigenvalue weighted by Crippen LogP contribution is -2.30. The first kappa shape index (κ1) is 18.7. The van der Waals surface area contributed by atoms with Gasteiger partial charge in [0.05, 0.1) is 12.6 Å². The largest absolute Gasteiger partial charge is 0.573 e. The van der Waals surface area contributed by atoms with Gasteiger partial charge < -0.3 is 20.5 Å². The van der Waals surface area contributed by atoms with E-state index in [9.17, 15) is 27.9 Å². The first-order valence-corrected chi connectivity index (χ1v) is 7.89. The number of amides is 2. The van der Waals surface area contributed by atoms with E-state index in [-0.39, 0.29) is 36.6 Å². The number of carbonyl (C=O) groups is 2. The van der Waals surface area contributed by atoms with Crippen LogP contribution in [0.25, 0.3) is 0 Å². The van der Waals surface area contributed by atoms with Crippen molar-refractivity contribution in [3.8, 4) is 5.75 Å². The fourth-order valence-corrected chi connectivity index (χ4v) is 2.56. The molecular formula is C16H15F3N4O4. The zero-order valence-electron chi connectivity index (χ0n) is 13.8. The Morgan fingerprint density at radius 1 is 1.41 bits per heavy atom. The summed E-state index contributed by atoms with van der Waals surface area (Å²) in [6, 6.07) is 6.66. The molecule has 0 saturated carbocycles. The quantitative estimate of drug-likeness (QED) is 0.724. The van der Waals surface area contributed by atoms with E-state index in [4.69, 9.17) is 0 Å². The second-order valence-corrected chi connectivity index (χ2v) is 5.80. The zero-order valence-corrected chi connectivity index (χ0v) is 13.8. The number of aliphatic hydroxyl groups is 1. The van der Waals surface area contributed by atoms with Crippen LogP contribution in [0.2, 0.25) is 0 Å². The summed E-state index contributed by atoms with van der Waals surface area (Å²) >= 11 is 0. The summed E-state index contributed by atoms with van der Waals surface area (Å²) in [7, 11) is 0. The van der Waals surface area contributed by atoms with E-state index < -0.39 is 30.0 Å². The molecule has 1 aliphatic rings. The number of benzene rings is 1. The van der Waals surface area contributed by atoms with Crippen molar-refractivity contribution in [2.45, 2.75) is 25.6 Å². The van der Waals surface area contributed by atoms with Crippen LogP contribution in [0.3, 0.4) is 0 Å². The average Bonchev–Trinajstić information content (AvgIpc) is 2.96. The van der Waals surface area contributed by atoms with Gasteiger partial charge in [-0.1, -0.05) is 18.2 Å². The number of para-hydroxylation sites is 1. The average molecular weight is 384 g/mol. The molecular weight excluding hydrogens is 369 g/mol. The minimum Gasteiger partial charge on any atom is -0.405 e. The summed E-state index contributed by atoms with van der Waals surface area (Å²) in [6.45, 7) is -0.134. The third-order valence-corrected chi connectivity index (χ3v) is 3.76. The van der Waals surface area contributed by atoms with Crippen LogP contribution in [0, 0.1) is 0 Å². The lowest BCUT2D eigenvalue weighted by molar-refractivity contribution is -0.274. The highest BCUT2D eigenvalue weighted by atomic mass is 19.4. The molecule has 2 heterocycles. The molecule has 144 valence electrons. The molecule has 0 spiro atoms. The minimum atomic E-state index is -4.85. The standard InChI is InChI=1S/C16H15F3N4O4/c17-16(18,19)27-13-4-2-1-3-9(13)6-20-14(25)11-5-12-15(26)21-7-10(24)8-23(12)22-11/h1-5,10,24H,6-8H2,(H,20,25)(H,21,26). The third-order valence-electron chi connectivity index (χ3n) is 3.76. The van der Waals surface area contributed by atoms with Crippen LogP contribution in [0.1, 0.15) is 26.5 Å². The Labute approximate surface area is 150 Å². The van der Waals surface area contributed by atoms with Gasteiger partial charge in [0.1, 0.15) is 11.4 Å². The number of fused-ring (bicyclic) bond motifs is 1. The van der Waals surface area contributed by atoms with E-state index in [0.29, 0.717) is 0 Å². The van der Waals surface area contributed by atoms with Gasteiger partial charge in [-0.3, -0.25) is 14.3 Å². The molecule has 1 unspecified atom stereocenters. The maximum Gasteiger partial charge on any atom is 0.573 e. The van der Waals surface area contributed by atoms with Crippen molar-refractivity contribution in [3.05, 3.63) is 47.3 Å². The number of aliphatic hydroxyl groups excluding tert-OH is 1. The molecule has 0 radical (unpaired) electrons. The van der Waals surface area contributed by atoms with E-state index in [2.05, 4.69) is 20.5 Å². The smallest absolute Gasteiger partial charge is 0.405 e. The minimum absolute atomic E-state index is 0.0314. The predicted octanol–water partition coefficient (Wildman–Crippen LogP) is 0.816. The molecule has 0 bridgehead atoms. The van der Waals surface area contributed by atoms with Gasteiger partial charge in [0, 0.05) is 24.7 Å². The van der Waals surface area contributed by atoms with E-state index in [1.807, 2.05) is 0 Å². The SMILES string of the molecule is O=C(NCc1ccccc1OC(F)(F)F)c1cc2n(n1)CC(O)CNC2=O.